The van der Waals surface area contributed by atoms with Gasteiger partial charge in [0, 0.05) is 67.3 Å². The summed E-state index contributed by atoms with van der Waals surface area (Å²) in [5.41, 5.74) is 4.50. The van der Waals surface area contributed by atoms with Gasteiger partial charge in [-0.3, -0.25) is 14.6 Å². The number of carboxylic acids is 2. The molecule has 0 bridgehead atoms. The first-order valence-corrected chi connectivity index (χ1v) is 22.1. The number of nitrogens with zero attached hydrogens (tertiary/aromatic N) is 4. The summed E-state index contributed by atoms with van der Waals surface area (Å²) in [7, 11) is 2.09. The molecule has 0 aliphatic rings. The number of rotatable bonds is 29. The van der Waals surface area contributed by atoms with Gasteiger partial charge in [0.15, 0.2) is 6.20 Å². The number of aliphatic hydroxyl groups excluding tert-OH is 4. The van der Waals surface area contributed by atoms with Crippen LogP contribution in [-0.4, -0.2) is 143 Å². The zero-order valence-corrected chi connectivity index (χ0v) is 35.9. The molecule has 2 aromatic carbocycles. The molecule has 1 aromatic heterocycles. The van der Waals surface area contributed by atoms with Crippen LogP contribution in [0.1, 0.15) is 16.8 Å². The van der Waals surface area contributed by atoms with E-state index in [1.54, 1.807) is 47.2 Å². The molecule has 0 aliphatic carbocycles. The van der Waals surface area contributed by atoms with E-state index in [-0.39, 0.29) is 51.0 Å². The highest BCUT2D eigenvalue weighted by Crippen LogP contribution is 2.23. The molecular weight excluding hydrogens is 837 g/mol. The molecule has 332 valence electrons. The topological polar surface area (TPSA) is 236 Å². The Bertz CT molecular complexity index is 2000. The molecule has 0 aliphatic heterocycles. The van der Waals surface area contributed by atoms with E-state index >= 15 is 0 Å². The lowest BCUT2D eigenvalue weighted by Crippen LogP contribution is -2.50. The van der Waals surface area contributed by atoms with Crippen molar-refractivity contribution < 1.29 is 54.4 Å². The minimum atomic E-state index is -1.29. The number of nitrogens with one attached hydrogen (secondary N) is 2. The van der Waals surface area contributed by atoms with E-state index in [0.717, 1.165) is 44.1 Å². The summed E-state index contributed by atoms with van der Waals surface area (Å²) in [5.74, 6) is -3.90. The number of carbonyl (C=O) groups is 4. The predicted octanol–water partition coefficient (Wildman–Crippen LogP) is 2.14. The third-order valence-corrected chi connectivity index (χ3v) is 11.2. The summed E-state index contributed by atoms with van der Waals surface area (Å²) >= 11 is 0. The minimum absolute atomic E-state index is 0.0441. The SMILES string of the molecule is C=C\C=C/C(/C=C/c1ccc(N(CCO)CCO)cc1)=N/CC(=O)NC(CSSCC(NC(=O)C[n+]1ccccc1/C=C/c1ccc(N(CCO)CCO)cc1)C(=O)O)C(=O)O. The largest absolute Gasteiger partial charge is 0.480 e. The van der Waals surface area contributed by atoms with Gasteiger partial charge in [-0.25, -0.2) is 9.59 Å². The van der Waals surface area contributed by atoms with Crippen LogP contribution in [0.2, 0.25) is 0 Å². The minimum Gasteiger partial charge on any atom is -0.480 e. The van der Waals surface area contributed by atoms with Gasteiger partial charge in [0.25, 0.3) is 5.91 Å². The first-order valence-electron chi connectivity index (χ1n) is 19.6. The maximum absolute atomic E-state index is 13.0. The highest BCUT2D eigenvalue weighted by atomic mass is 33.1. The molecule has 2 amide bonds. The molecule has 2 atom stereocenters. The maximum atomic E-state index is 13.0. The second-order valence-corrected chi connectivity index (χ2v) is 15.8. The Kier molecular flexibility index (Phi) is 23.4. The first kappa shape index (κ1) is 50.6. The van der Waals surface area contributed by atoms with Crippen molar-refractivity contribution in [2.75, 3.05) is 80.5 Å². The van der Waals surface area contributed by atoms with Crippen molar-refractivity contribution >= 4 is 80.7 Å². The third-order valence-electron chi connectivity index (χ3n) is 8.81. The molecule has 0 radical (unpaired) electrons. The maximum Gasteiger partial charge on any atom is 0.327 e. The number of amides is 2. The summed E-state index contributed by atoms with van der Waals surface area (Å²) in [6, 6.07) is 17.8. The Morgan fingerprint density at radius 2 is 1.18 bits per heavy atom. The second kappa shape index (κ2) is 28.7. The summed E-state index contributed by atoms with van der Waals surface area (Å²) in [6.07, 6.45) is 13.7. The van der Waals surface area contributed by atoms with E-state index in [9.17, 15) is 49.8 Å². The van der Waals surface area contributed by atoms with E-state index in [0.29, 0.717) is 37.6 Å². The van der Waals surface area contributed by atoms with Gasteiger partial charge >= 0.3 is 11.9 Å². The van der Waals surface area contributed by atoms with Gasteiger partial charge in [0.05, 0.1) is 32.1 Å². The van der Waals surface area contributed by atoms with Gasteiger partial charge in [-0.2, -0.15) is 4.57 Å². The van der Waals surface area contributed by atoms with Crippen LogP contribution in [-0.2, 0) is 25.7 Å². The van der Waals surface area contributed by atoms with Crippen molar-refractivity contribution in [3.05, 3.63) is 121 Å². The molecule has 0 spiro atoms. The fourth-order valence-electron chi connectivity index (χ4n) is 5.67. The van der Waals surface area contributed by atoms with Crippen LogP contribution in [0.25, 0.3) is 18.2 Å². The number of aliphatic hydroxyl groups is 4. The molecule has 0 saturated heterocycles. The lowest BCUT2D eigenvalue weighted by molar-refractivity contribution is -0.686. The molecule has 2 unspecified atom stereocenters. The molecule has 18 heteroatoms. The van der Waals surface area contributed by atoms with E-state index in [2.05, 4.69) is 22.2 Å². The lowest BCUT2D eigenvalue weighted by Gasteiger charge is -2.22. The summed E-state index contributed by atoms with van der Waals surface area (Å²) in [5, 5.41) is 61.9. The van der Waals surface area contributed by atoms with Crippen LogP contribution in [0.5, 0.6) is 0 Å². The van der Waals surface area contributed by atoms with E-state index in [1.165, 1.54) is 0 Å². The van der Waals surface area contributed by atoms with Crippen LogP contribution in [0, 0.1) is 0 Å². The average molecular weight is 892 g/mol. The quantitative estimate of drug-likeness (QED) is 0.0164. The molecule has 1 heterocycles. The molecule has 16 nitrogen and oxygen atoms in total. The van der Waals surface area contributed by atoms with Crippen LogP contribution < -0.4 is 25.0 Å². The van der Waals surface area contributed by atoms with Crippen molar-refractivity contribution in [3.63, 3.8) is 0 Å². The molecule has 3 rings (SSSR count). The number of hydrogen-bond donors (Lipinski definition) is 8. The van der Waals surface area contributed by atoms with Crippen LogP contribution in [0.3, 0.4) is 0 Å². The monoisotopic (exact) mass is 891 g/mol. The average Bonchev–Trinajstić information content (AvgIpc) is 3.26. The number of hydrogen-bond acceptors (Lipinski definition) is 13. The fraction of sp³-hybridized carbons (Fsp3) is 0.318. The normalized spacial score (nSPS) is 12.7. The molecule has 62 heavy (non-hydrogen) atoms. The number of carboxylic acid groups (broad SMARTS) is 2. The van der Waals surface area contributed by atoms with Gasteiger partial charge in [0.1, 0.15) is 18.6 Å². The zero-order chi connectivity index (χ0) is 45.1. The van der Waals surface area contributed by atoms with E-state index in [4.69, 9.17) is 0 Å². The van der Waals surface area contributed by atoms with Crippen molar-refractivity contribution in [2.24, 2.45) is 4.99 Å². The predicted molar refractivity (Wildman–Crippen MR) is 246 cm³/mol. The van der Waals surface area contributed by atoms with Gasteiger partial charge in [-0.05, 0) is 59.7 Å². The van der Waals surface area contributed by atoms with Crippen molar-refractivity contribution in [2.45, 2.75) is 18.6 Å². The number of aliphatic carboxylic acids is 2. The Hall–Kier alpha value is -5.76. The van der Waals surface area contributed by atoms with Crippen molar-refractivity contribution in [1.82, 2.24) is 10.6 Å². The molecule has 0 saturated carbocycles. The number of carbonyl (C=O) groups excluding carboxylic acids is 2. The van der Waals surface area contributed by atoms with Gasteiger partial charge in [0.2, 0.25) is 18.1 Å². The van der Waals surface area contributed by atoms with Crippen molar-refractivity contribution in [1.29, 1.82) is 0 Å². The third kappa shape index (κ3) is 18.5. The highest BCUT2D eigenvalue weighted by Gasteiger charge is 2.25. The Morgan fingerprint density at radius 3 is 1.66 bits per heavy atom. The number of benzene rings is 2. The second-order valence-electron chi connectivity index (χ2n) is 13.3. The number of allylic oxidation sites excluding steroid dienone is 4. The standard InChI is InChI=1S/C44H54N6O10S2/c1-2-3-6-35(14-8-33-10-16-37(17-11-33)48(21-25-51)22-26-52)45-29-41(55)46-39(43(57)58)31-61-62-32-40(44(59)60)47-42(56)30-50-20-5-4-7-36(50)15-9-34-12-18-38(19-13-34)49(23-27-53)24-28-54/h2-20,39-40,51-54H,1,21-32H2,(H3-,46,47,55,56,57,58,59,60)/p+1/b6-3-,14-8+,45-35-. The van der Waals surface area contributed by atoms with Crippen molar-refractivity contribution in [3.8, 4) is 0 Å². The van der Waals surface area contributed by atoms with Crippen LogP contribution in [0.4, 0.5) is 11.4 Å². The van der Waals surface area contributed by atoms with Crippen LogP contribution >= 0.6 is 21.6 Å². The molecule has 8 N–H and O–H groups in total. The van der Waals surface area contributed by atoms with Crippen LogP contribution in [0.15, 0.2) is 109 Å². The molecular formula is C44H55N6O10S2+. The Labute approximate surface area is 369 Å². The number of pyridine rings is 1. The van der Waals surface area contributed by atoms with Gasteiger partial charge in [-0.1, -0.05) is 70.7 Å². The summed E-state index contributed by atoms with van der Waals surface area (Å²) < 4.78 is 1.67. The molecule has 3 aromatic rings. The summed E-state index contributed by atoms with van der Waals surface area (Å²) in [6.45, 7) is 4.46. The number of aliphatic imine (C=N–C) groups is 1. The first-order chi connectivity index (χ1) is 30.0. The Morgan fingerprint density at radius 1 is 0.677 bits per heavy atom. The smallest absolute Gasteiger partial charge is 0.327 e. The number of aromatic nitrogens is 1. The lowest BCUT2D eigenvalue weighted by atomic mass is 10.1. The number of anilines is 2. The Balaban J connectivity index is 1.53. The van der Waals surface area contributed by atoms with E-state index in [1.807, 2.05) is 82.6 Å². The fourth-order valence-corrected chi connectivity index (χ4v) is 7.98. The summed E-state index contributed by atoms with van der Waals surface area (Å²) in [4.78, 5) is 57.9. The molecule has 0 fully saturated rings. The zero-order valence-electron chi connectivity index (χ0n) is 34.2. The van der Waals surface area contributed by atoms with Gasteiger partial charge < -0.3 is 51.1 Å². The van der Waals surface area contributed by atoms with Gasteiger partial charge in [-0.15, -0.1) is 0 Å². The van der Waals surface area contributed by atoms with E-state index < -0.39 is 35.8 Å². The highest BCUT2D eigenvalue weighted by molar-refractivity contribution is 8.76.